The lowest BCUT2D eigenvalue weighted by atomic mass is 10.2. The van der Waals surface area contributed by atoms with Crippen LogP contribution >= 0.6 is 0 Å². The van der Waals surface area contributed by atoms with Crippen LogP contribution in [0.25, 0.3) is 0 Å². The number of carbonyl (C=O) groups excluding carboxylic acids is 2. The molecule has 0 fully saturated rings. The van der Waals surface area contributed by atoms with Crippen LogP contribution in [0, 0.1) is 0 Å². The molecule has 2 aromatic carbocycles. The van der Waals surface area contributed by atoms with E-state index >= 15 is 0 Å². The highest BCUT2D eigenvalue weighted by atomic mass is 16.5. The van der Waals surface area contributed by atoms with Gasteiger partial charge in [0.1, 0.15) is 11.5 Å². The number of rotatable bonds is 5. The number of nitrogens with one attached hydrogen (secondary N) is 2. The maximum Gasteiger partial charge on any atom is 0.262 e. The van der Waals surface area contributed by atoms with Gasteiger partial charge in [-0.1, -0.05) is 19.1 Å². The maximum atomic E-state index is 12.0. The molecule has 24 heavy (non-hydrogen) atoms. The summed E-state index contributed by atoms with van der Waals surface area (Å²) >= 11 is 0. The summed E-state index contributed by atoms with van der Waals surface area (Å²) in [5.74, 6) is 0.721. The van der Waals surface area contributed by atoms with Crippen LogP contribution in [0.2, 0.25) is 0 Å². The standard InChI is InChI=1S/C18H18N2O4/c1-2-12-3-6-14(7-4-12)23-10-17(21)19-13-5-8-15-16(9-13)24-11-18(22)20-15/h3-9H,2,10-11H2,1H3,(H,19,21)(H,20,22). The van der Waals surface area contributed by atoms with E-state index in [0.29, 0.717) is 22.9 Å². The number of hydrogen-bond donors (Lipinski definition) is 2. The summed E-state index contributed by atoms with van der Waals surface area (Å²) in [6.07, 6.45) is 0.960. The van der Waals surface area contributed by atoms with Crippen LogP contribution in [0.15, 0.2) is 42.5 Å². The quantitative estimate of drug-likeness (QED) is 0.885. The van der Waals surface area contributed by atoms with Crippen LogP contribution in [0.3, 0.4) is 0 Å². The largest absolute Gasteiger partial charge is 0.484 e. The van der Waals surface area contributed by atoms with Crippen LogP contribution in [0.4, 0.5) is 11.4 Å². The summed E-state index contributed by atoms with van der Waals surface area (Å²) in [7, 11) is 0. The van der Waals surface area contributed by atoms with Crippen LogP contribution in [0.5, 0.6) is 11.5 Å². The summed E-state index contributed by atoms with van der Waals surface area (Å²) in [4.78, 5) is 23.2. The summed E-state index contributed by atoms with van der Waals surface area (Å²) in [5, 5.41) is 5.43. The van der Waals surface area contributed by atoms with Crippen molar-refractivity contribution in [1.82, 2.24) is 0 Å². The molecular weight excluding hydrogens is 308 g/mol. The number of carbonyl (C=O) groups is 2. The van der Waals surface area contributed by atoms with Gasteiger partial charge in [0.05, 0.1) is 5.69 Å². The minimum Gasteiger partial charge on any atom is -0.484 e. The fourth-order valence-electron chi connectivity index (χ4n) is 2.32. The van der Waals surface area contributed by atoms with E-state index in [1.54, 1.807) is 18.2 Å². The zero-order valence-electron chi connectivity index (χ0n) is 13.3. The predicted octanol–water partition coefficient (Wildman–Crippen LogP) is 2.60. The molecule has 0 bridgehead atoms. The fourth-order valence-corrected chi connectivity index (χ4v) is 2.32. The number of ether oxygens (including phenoxy) is 2. The third-order valence-electron chi connectivity index (χ3n) is 3.60. The smallest absolute Gasteiger partial charge is 0.262 e. The van der Waals surface area contributed by atoms with Gasteiger partial charge in [0.15, 0.2) is 13.2 Å². The second-order valence-electron chi connectivity index (χ2n) is 5.38. The Hall–Kier alpha value is -3.02. The summed E-state index contributed by atoms with van der Waals surface area (Å²) < 4.78 is 10.8. The number of aryl methyl sites for hydroxylation is 1. The third kappa shape index (κ3) is 3.84. The molecule has 0 aromatic heterocycles. The molecule has 1 heterocycles. The van der Waals surface area contributed by atoms with Gasteiger partial charge in [0.2, 0.25) is 0 Å². The zero-order chi connectivity index (χ0) is 16.9. The van der Waals surface area contributed by atoms with Crippen molar-refractivity contribution in [3.8, 4) is 11.5 Å². The molecule has 0 radical (unpaired) electrons. The third-order valence-corrected chi connectivity index (χ3v) is 3.60. The first kappa shape index (κ1) is 15.9. The molecule has 0 unspecified atom stereocenters. The van der Waals surface area contributed by atoms with Gasteiger partial charge in [0.25, 0.3) is 11.8 Å². The highest BCUT2D eigenvalue weighted by molar-refractivity contribution is 5.97. The molecule has 6 nitrogen and oxygen atoms in total. The number of anilines is 2. The average molecular weight is 326 g/mol. The molecule has 2 amide bonds. The lowest BCUT2D eigenvalue weighted by Crippen LogP contribution is -2.25. The first-order valence-electron chi connectivity index (χ1n) is 7.72. The fraction of sp³-hybridized carbons (Fsp3) is 0.222. The summed E-state index contributed by atoms with van der Waals surface area (Å²) in [6, 6.07) is 12.7. The van der Waals surface area contributed by atoms with Crippen molar-refractivity contribution in [3.05, 3.63) is 48.0 Å². The molecule has 0 atom stereocenters. The molecule has 2 N–H and O–H groups in total. The van der Waals surface area contributed by atoms with E-state index < -0.39 is 0 Å². The van der Waals surface area contributed by atoms with E-state index in [1.807, 2.05) is 24.3 Å². The number of hydrogen-bond acceptors (Lipinski definition) is 4. The minimum atomic E-state index is -0.269. The molecule has 0 spiro atoms. The van der Waals surface area contributed by atoms with E-state index in [-0.39, 0.29) is 25.0 Å². The predicted molar refractivity (Wildman–Crippen MR) is 90.5 cm³/mol. The number of fused-ring (bicyclic) bond motifs is 1. The number of amides is 2. The molecule has 124 valence electrons. The second kappa shape index (κ2) is 7.04. The highest BCUT2D eigenvalue weighted by Gasteiger charge is 2.16. The van der Waals surface area contributed by atoms with Crippen LogP contribution in [-0.4, -0.2) is 25.0 Å². The van der Waals surface area contributed by atoms with Crippen molar-refractivity contribution < 1.29 is 19.1 Å². The SMILES string of the molecule is CCc1ccc(OCC(=O)Nc2ccc3c(c2)OCC(=O)N3)cc1. The molecule has 6 heteroatoms. The molecule has 0 saturated heterocycles. The van der Waals surface area contributed by atoms with Gasteiger partial charge in [-0.05, 0) is 36.2 Å². The Morgan fingerprint density at radius 2 is 2.04 bits per heavy atom. The molecule has 3 rings (SSSR count). The van der Waals surface area contributed by atoms with Gasteiger partial charge in [-0.25, -0.2) is 0 Å². The van der Waals surface area contributed by atoms with Crippen molar-refractivity contribution in [2.24, 2.45) is 0 Å². The normalized spacial score (nSPS) is 12.6. The molecule has 2 aromatic rings. The van der Waals surface area contributed by atoms with Gasteiger partial charge in [-0.15, -0.1) is 0 Å². The van der Waals surface area contributed by atoms with Crippen molar-refractivity contribution in [2.45, 2.75) is 13.3 Å². The number of benzene rings is 2. The Morgan fingerprint density at radius 3 is 2.79 bits per heavy atom. The first-order chi connectivity index (χ1) is 11.6. The second-order valence-corrected chi connectivity index (χ2v) is 5.38. The Labute approximate surface area is 139 Å². The minimum absolute atomic E-state index is 0.0265. The van der Waals surface area contributed by atoms with Gasteiger partial charge in [-0.3, -0.25) is 9.59 Å². The topological polar surface area (TPSA) is 76.7 Å². The average Bonchev–Trinajstić information content (AvgIpc) is 2.60. The Kier molecular flexibility index (Phi) is 4.65. The molecule has 1 aliphatic heterocycles. The summed E-state index contributed by atoms with van der Waals surface area (Å²) in [5.41, 5.74) is 2.39. The van der Waals surface area contributed by atoms with Crippen LogP contribution in [0.1, 0.15) is 12.5 Å². The van der Waals surface area contributed by atoms with E-state index in [2.05, 4.69) is 17.6 Å². The monoisotopic (exact) mass is 326 g/mol. The Morgan fingerprint density at radius 1 is 1.25 bits per heavy atom. The van der Waals surface area contributed by atoms with Crippen molar-refractivity contribution >= 4 is 23.2 Å². The molecule has 1 aliphatic rings. The van der Waals surface area contributed by atoms with Crippen LogP contribution in [-0.2, 0) is 16.0 Å². The van der Waals surface area contributed by atoms with Crippen LogP contribution < -0.4 is 20.1 Å². The lowest BCUT2D eigenvalue weighted by molar-refractivity contribution is -0.119. The van der Waals surface area contributed by atoms with E-state index in [0.717, 1.165) is 6.42 Å². The Bertz CT molecular complexity index is 756. The maximum absolute atomic E-state index is 12.0. The first-order valence-corrected chi connectivity index (χ1v) is 7.72. The molecular formula is C18H18N2O4. The van der Waals surface area contributed by atoms with Crippen molar-refractivity contribution in [2.75, 3.05) is 23.8 Å². The summed E-state index contributed by atoms with van der Waals surface area (Å²) in [6.45, 7) is 1.97. The van der Waals surface area contributed by atoms with Crippen molar-refractivity contribution in [1.29, 1.82) is 0 Å². The van der Waals surface area contributed by atoms with Gasteiger partial charge >= 0.3 is 0 Å². The zero-order valence-corrected chi connectivity index (χ0v) is 13.3. The molecule has 0 aliphatic carbocycles. The van der Waals surface area contributed by atoms with E-state index in [4.69, 9.17) is 9.47 Å². The van der Waals surface area contributed by atoms with Gasteiger partial charge in [0, 0.05) is 11.8 Å². The van der Waals surface area contributed by atoms with E-state index in [9.17, 15) is 9.59 Å². The highest BCUT2D eigenvalue weighted by Crippen LogP contribution is 2.30. The van der Waals surface area contributed by atoms with Crippen molar-refractivity contribution in [3.63, 3.8) is 0 Å². The lowest BCUT2D eigenvalue weighted by Gasteiger charge is -2.18. The molecule has 0 saturated carbocycles. The van der Waals surface area contributed by atoms with E-state index in [1.165, 1.54) is 5.56 Å². The van der Waals surface area contributed by atoms with Gasteiger partial charge < -0.3 is 20.1 Å². The Balaban J connectivity index is 1.55. The van der Waals surface area contributed by atoms with Gasteiger partial charge in [-0.2, -0.15) is 0 Å².